The molecular weight excluding hydrogens is 220 g/mol. The number of hydrogen-bond donors (Lipinski definition) is 1. The summed E-state index contributed by atoms with van der Waals surface area (Å²) in [6, 6.07) is 12.4. The van der Waals surface area contributed by atoms with Crippen LogP contribution in [0.3, 0.4) is 0 Å². The molecule has 1 aromatic rings. The maximum atomic E-state index is 3.76. The molecule has 2 aliphatic heterocycles. The van der Waals surface area contributed by atoms with E-state index >= 15 is 0 Å². The summed E-state index contributed by atoms with van der Waals surface area (Å²) >= 11 is 0. The molecular formula is C16H24N2. The predicted molar refractivity (Wildman–Crippen MR) is 75.5 cm³/mol. The molecule has 0 aliphatic carbocycles. The minimum absolute atomic E-state index is 0.741. The van der Waals surface area contributed by atoms with Crippen LogP contribution in [0.15, 0.2) is 30.3 Å². The molecule has 0 spiro atoms. The standard InChI is InChI=1S/C16H24N2/c1-2-7-14(8-3-1)13-18-12-6-9-15-16(18)10-4-5-11-17-15/h1-3,7-8,15-17H,4-6,9-13H2/t15-,16-/m1/s1. The van der Waals surface area contributed by atoms with Gasteiger partial charge in [-0.3, -0.25) is 4.90 Å². The van der Waals surface area contributed by atoms with Crippen molar-refractivity contribution in [2.45, 2.75) is 50.7 Å². The van der Waals surface area contributed by atoms with Gasteiger partial charge in [0.15, 0.2) is 0 Å². The van der Waals surface area contributed by atoms with Crippen molar-refractivity contribution in [2.24, 2.45) is 0 Å². The van der Waals surface area contributed by atoms with Gasteiger partial charge in [0.25, 0.3) is 0 Å². The summed E-state index contributed by atoms with van der Waals surface area (Å²) in [6.45, 7) is 3.63. The summed E-state index contributed by atoms with van der Waals surface area (Å²) in [5.41, 5.74) is 1.46. The molecule has 0 aromatic heterocycles. The first kappa shape index (κ1) is 12.2. The minimum Gasteiger partial charge on any atom is -0.312 e. The maximum Gasteiger partial charge on any atom is 0.0252 e. The Kier molecular flexibility index (Phi) is 3.96. The van der Waals surface area contributed by atoms with Gasteiger partial charge in [0.05, 0.1) is 0 Å². The number of hydrogen-bond acceptors (Lipinski definition) is 2. The lowest BCUT2D eigenvalue weighted by molar-refractivity contribution is 0.104. The van der Waals surface area contributed by atoms with E-state index in [0.29, 0.717) is 0 Å². The molecule has 1 aromatic carbocycles. The number of fused-ring (bicyclic) bond motifs is 1. The molecule has 18 heavy (non-hydrogen) atoms. The monoisotopic (exact) mass is 244 g/mol. The number of rotatable bonds is 2. The van der Waals surface area contributed by atoms with Gasteiger partial charge in [-0.15, -0.1) is 0 Å². The van der Waals surface area contributed by atoms with E-state index in [1.807, 2.05) is 0 Å². The quantitative estimate of drug-likeness (QED) is 0.860. The number of likely N-dealkylation sites (tertiary alicyclic amines) is 1. The fourth-order valence-corrected chi connectivity index (χ4v) is 3.53. The van der Waals surface area contributed by atoms with Gasteiger partial charge in [0.2, 0.25) is 0 Å². The first-order valence-corrected chi connectivity index (χ1v) is 7.45. The molecule has 2 aliphatic rings. The zero-order valence-electron chi connectivity index (χ0n) is 11.1. The van der Waals surface area contributed by atoms with Gasteiger partial charge < -0.3 is 5.32 Å². The van der Waals surface area contributed by atoms with Crippen LogP contribution >= 0.6 is 0 Å². The Hall–Kier alpha value is -0.860. The summed E-state index contributed by atoms with van der Waals surface area (Å²) in [7, 11) is 0. The van der Waals surface area contributed by atoms with Crippen LogP contribution in [0.2, 0.25) is 0 Å². The zero-order valence-corrected chi connectivity index (χ0v) is 11.1. The van der Waals surface area contributed by atoms with Crippen LogP contribution in [-0.2, 0) is 6.54 Å². The molecule has 0 bridgehead atoms. The van der Waals surface area contributed by atoms with Crippen LogP contribution in [0.5, 0.6) is 0 Å². The van der Waals surface area contributed by atoms with Crippen molar-refractivity contribution in [2.75, 3.05) is 13.1 Å². The second kappa shape index (κ2) is 5.85. The lowest BCUT2D eigenvalue weighted by atomic mass is 9.93. The van der Waals surface area contributed by atoms with E-state index < -0.39 is 0 Å². The van der Waals surface area contributed by atoms with Crippen LogP contribution in [0.4, 0.5) is 0 Å². The fourth-order valence-electron chi connectivity index (χ4n) is 3.53. The highest BCUT2D eigenvalue weighted by atomic mass is 15.2. The van der Waals surface area contributed by atoms with Crippen molar-refractivity contribution in [1.82, 2.24) is 10.2 Å². The topological polar surface area (TPSA) is 15.3 Å². The van der Waals surface area contributed by atoms with E-state index in [0.717, 1.165) is 18.6 Å². The third-order valence-electron chi connectivity index (χ3n) is 4.46. The Bertz CT molecular complexity index is 363. The Morgan fingerprint density at radius 1 is 1.06 bits per heavy atom. The Morgan fingerprint density at radius 3 is 2.83 bits per heavy atom. The smallest absolute Gasteiger partial charge is 0.0252 e. The fraction of sp³-hybridized carbons (Fsp3) is 0.625. The summed E-state index contributed by atoms with van der Waals surface area (Å²) < 4.78 is 0. The average molecular weight is 244 g/mol. The van der Waals surface area contributed by atoms with Gasteiger partial charge in [-0.1, -0.05) is 36.8 Å². The molecule has 0 amide bonds. The molecule has 2 heterocycles. The number of nitrogens with one attached hydrogen (secondary N) is 1. The van der Waals surface area contributed by atoms with E-state index in [1.165, 1.54) is 50.8 Å². The first-order chi connectivity index (χ1) is 8.93. The Morgan fingerprint density at radius 2 is 1.94 bits per heavy atom. The molecule has 2 saturated heterocycles. The van der Waals surface area contributed by atoms with Crippen LogP contribution in [-0.4, -0.2) is 30.1 Å². The molecule has 2 heteroatoms. The second-order valence-corrected chi connectivity index (χ2v) is 5.72. The van der Waals surface area contributed by atoms with E-state index in [2.05, 4.69) is 40.5 Å². The molecule has 2 atom stereocenters. The summed E-state index contributed by atoms with van der Waals surface area (Å²) in [5.74, 6) is 0. The van der Waals surface area contributed by atoms with Gasteiger partial charge >= 0.3 is 0 Å². The van der Waals surface area contributed by atoms with E-state index in [4.69, 9.17) is 0 Å². The summed E-state index contributed by atoms with van der Waals surface area (Å²) in [6.07, 6.45) is 6.84. The largest absolute Gasteiger partial charge is 0.312 e. The van der Waals surface area contributed by atoms with E-state index in [1.54, 1.807) is 0 Å². The van der Waals surface area contributed by atoms with Gasteiger partial charge in [-0.2, -0.15) is 0 Å². The molecule has 1 N–H and O–H groups in total. The Balaban J connectivity index is 1.70. The van der Waals surface area contributed by atoms with Gasteiger partial charge in [0, 0.05) is 18.6 Å². The lowest BCUT2D eigenvalue weighted by Gasteiger charge is -2.41. The van der Waals surface area contributed by atoms with E-state index in [-0.39, 0.29) is 0 Å². The average Bonchev–Trinajstić information content (AvgIpc) is 2.66. The normalized spacial score (nSPS) is 29.6. The van der Waals surface area contributed by atoms with Crippen LogP contribution in [0.25, 0.3) is 0 Å². The predicted octanol–water partition coefficient (Wildman–Crippen LogP) is 2.79. The third-order valence-corrected chi connectivity index (χ3v) is 4.46. The number of nitrogens with zero attached hydrogens (tertiary/aromatic N) is 1. The van der Waals surface area contributed by atoms with Crippen molar-refractivity contribution in [1.29, 1.82) is 0 Å². The molecule has 2 fully saturated rings. The summed E-state index contributed by atoms with van der Waals surface area (Å²) in [4.78, 5) is 2.71. The highest BCUT2D eigenvalue weighted by Gasteiger charge is 2.31. The second-order valence-electron chi connectivity index (χ2n) is 5.72. The first-order valence-electron chi connectivity index (χ1n) is 7.45. The van der Waals surface area contributed by atoms with Crippen molar-refractivity contribution in [3.05, 3.63) is 35.9 Å². The van der Waals surface area contributed by atoms with Gasteiger partial charge in [0.1, 0.15) is 0 Å². The molecule has 0 saturated carbocycles. The molecule has 98 valence electrons. The van der Waals surface area contributed by atoms with Gasteiger partial charge in [-0.05, 0) is 44.3 Å². The molecule has 2 nitrogen and oxygen atoms in total. The molecule has 0 radical (unpaired) electrons. The number of piperidine rings is 1. The lowest BCUT2D eigenvalue weighted by Crippen LogP contribution is -2.52. The van der Waals surface area contributed by atoms with Gasteiger partial charge in [-0.25, -0.2) is 0 Å². The maximum absolute atomic E-state index is 3.76. The minimum atomic E-state index is 0.741. The van der Waals surface area contributed by atoms with Crippen molar-refractivity contribution >= 4 is 0 Å². The van der Waals surface area contributed by atoms with Crippen LogP contribution in [0, 0.1) is 0 Å². The van der Waals surface area contributed by atoms with Crippen LogP contribution in [0.1, 0.15) is 37.7 Å². The highest BCUT2D eigenvalue weighted by molar-refractivity contribution is 5.15. The number of benzene rings is 1. The van der Waals surface area contributed by atoms with Crippen molar-refractivity contribution in [3.8, 4) is 0 Å². The van der Waals surface area contributed by atoms with Crippen LogP contribution < -0.4 is 5.32 Å². The zero-order chi connectivity index (χ0) is 12.2. The SMILES string of the molecule is c1ccc(CN2CCC[C@H]3NCCCC[C@H]32)cc1. The highest BCUT2D eigenvalue weighted by Crippen LogP contribution is 2.25. The third kappa shape index (κ3) is 2.76. The molecule has 3 rings (SSSR count). The summed E-state index contributed by atoms with van der Waals surface area (Å²) in [5, 5.41) is 3.76. The van der Waals surface area contributed by atoms with Crippen molar-refractivity contribution in [3.63, 3.8) is 0 Å². The van der Waals surface area contributed by atoms with Crippen molar-refractivity contribution < 1.29 is 0 Å². The van der Waals surface area contributed by atoms with E-state index in [9.17, 15) is 0 Å². The Labute approximate surface area is 110 Å². The molecule has 0 unspecified atom stereocenters.